The number of nitrogens with zero attached hydrogens (tertiary/aromatic N) is 1. The molecular formula is C16H14FN3. The lowest BCUT2D eigenvalue weighted by Crippen LogP contribution is -1.97. The number of aromatic nitrogens is 1. The Kier molecular flexibility index (Phi) is 2.99. The lowest BCUT2D eigenvalue weighted by atomic mass is 10.1. The van der Waals surface area contributed by atoms with Crippen LogP contribution in [0.25, 0.3) is 10.9 Å². The van der Waals surface area contributed by atoms with Crippen LogP contribution < -0.4 is 11.1 Å². The molecule has 3 aromatic rings. The summed E-state index contributed by atoms with van der Waals surface area (Å²) in [5, 5.41) is 4.16. The van der Waals surface area contributed by atoms with Crippen molar-refractivity contribution in [2.45, 2.75) is 6.92 Å². The third kappa shape index (κ3) is 2.16. The van der Waals surface area contributed by atoms with Gasteiger partial charge in [-0.15, -0.1) is 0 Å². The maximum Gasteiger partial charge on any atom is 0.125 e. The van der Waals surface area contributed by atoms with E-state index in [0.717, 1.165) is 27.8 Å². The molecule has 100 valence electrons. The summed E-state index contributed by atoms with van der Waals surface area (Å²) in [4.78, 5) is 4.28. The van der Waals surface area contributed by atoms with Crippen molar-refractivity contribution in [2.24, 2.45) is 0 Å². The molecule has 3 rings (SSSR count). The van der Waals surface area contributed by atoms with E-state index in [4.69, 9.17) is 5.73 Å². The average Bonchev–Trinajstić information content (AvgIpc) is 2.46. The molecule has 0 aliphatic heterocycles. The number of pyridine rings is 1. The standard InChI is InChI=1S/C16H14FN3/c1-10-4-5-11(17)9-15(10)20-14-7-6-13(18)16-12(14)3-2-8-19-16/h2-9,20H,18H2,1H3. The number of benzene rings is 2. The lowest BCUT2D eigenvalue weighted by Gasteiger charge is -2.13. The molecule has 3 N–H and O–H groups in total. The summed E-state index contributed by atoms with van der Waals surface area (Å²) in [6, 6.07) is 12.1. The molecule has 3 nitrogen and oxygen atoms in total. The van der Waals surface area contributed by atoms with Gasteiger partial charge in [0.05, 0.1) is 11.2 Å². The Labute approximate surface area is 116 Å². The molecule has 0 spiro atoms. The maximum atomic E-state index is 13.4. The van der Waals surface area contributed by atoms with Gasteiger partial charge in [0.2, 0.25) is 0 Å². The van der Waals surface area contributed by atoms with Crippen LogP contribution in [0.5, 0.6) is 0 Å². The smallest absolute Gasteiger partial charge is 0.125 e. The molecule has 1 aromatic heterocycles. The number of hydrogen-bond donors (Lipinski definition) is 2. The predicted octanol–water partition coefficient (Wildman–Crippen LogP) is 4.01. The number of halogens is 1. The minimum absolute atomic E-state index is 0.268. The van der Waals surface area contributed by atoms with E-state index in [1.807, 2.05) is 25.1 Å². The SMILES string of the molecule is Cc1ccc(F)cc1Nc1ccc(N)c2ncccc12. The Balaban J connectivity index is 2.11. The number of nitrogens with one attached hydrogen (secondary N) is 1. The van der Waals surface area contributed by atoms with E-state index < -0.39 is 0 Å². The number of anilines is 3. The molecular weight excluding hydrogens is 253 g/mol. The second-order valence-electron chi connectivity index (χ2n) is 4.69. The molecule has 0 unspecified atom stereocenters. The minimum Gasteiger partial charge on any atom is -0.397 e. The van der Waals surface area contributed by atoms with Crippen molar-refractivity contribution in [1.82, 2.24) is 4.98 Å². The Hall–Kier alpha value is -2.62. The van der Waals surface area contributed by atoms with Crippen LogP contribution in [0.15, 0.2) is 48.7 Å². The van der Waals surface area contributed by atoms with Crippen LogP contribution in [0.3, 0.4) is 0 Å². The van der Waals surface area contributed by atoms with E-state index in [-0.39, 0.29) is 5.82 Å². The molecule has 0 fully saturated rings. The zero-order chi connectivity index (χ0) is 14.1. The minimum atomic E-state index is -0.268. The molecule has 0 atom stereocenters. The average molecular weight is 267 g/mol. The number of nitrogens with two attached hydrogens (primary N) is 1. The fraction of sp³-hybridized carbons (Fsp3) is 0.0625. The van der Waals surface area contributed by atoms with Gasteiger partial charge in [0.25, 0.3) is 0 Å². The van der Waals surface area contributed by atoms with Crippen LogP contribution in [-0.2, 0) is 0 Å². The van der Waals surface area contributed by atoms with Gasteiger partial charge in [-0.1, -0.05) is 6.07 Å². The van der Waals surface area contributed by atoms with Crippen LogP contribution in [0, 0.1) is 12.7 Å². The number of fused-ring (bicyclic) bond motifs is 1. The second-order valence-corrected chi connectivity index (χ2v) is 4.69. The van der Waals surface area contributed by atoms with Crippen molar-refractivity contribution in [1.29, 1.82) is 0 Å². The number of nitrogen functional groups attached to an aromatic ring is 1. The molecule has 1 heterocycles. The molecule has 0 saturated carbocycles. The highest BCUT2D eigenvalue weighted by atomic mass is 19.1. The predicted molar refractivity (Wildman–Crippen MR) is 80.6 cm³/mol. The zero-order valence-corrected chi connectivity index (χ0v) is 11.0. The molecule has 0 amide bonds. The Morgan fingerprint density at radius 1 is 1.10 bits per heavy atom. The molecule has 2 aromatic carbocycles. The molecule has 0 aliphatic carbocycles. The largest absolute Gasteiger partial charge is 0.397 e. The van der Waals surface area contributed by atoms with Gasteiger partial charge in [0.15, 0.2) is 0 Å². The molecule has 0 aliphatic rings. The van der Waals surface area contributed by atoms with Gasteiger partial charge in [0, 0.05) is 23.0 Å². The first-order chi connectivity index (χ1) is 9.65. The highest BCUT2D eigenvalue weighted by Crippen LogP contribution is 2.30. The monoisotopic (exact) mass is 267 g/mol. The molecule has 4 heteroatoms. The number of rotatable bonds is 2. The van der Waals surface area contributed by atoms with Gasteiger partial charge in [-0.2, -0.15) is 0 Å². The summed E-state index contributed by atoms with van der Waals surface area (Å²) in [5.74, 6) is -0.268. The summed E-state index contributed by atoms with van der Waals surface area (Å²) < 4.78 is 13.4. The first-order valence-corrected chi connectivity index (χ1v) is 6.31. The van der Waals surface area contributed by atoms with Gasteiger partial charge >= 0.3 is 0 Å². The van der Waals surface area contributed by atoms with E-state index in [1.54, 1.807) is 18.3 Å². The Morgan fingerprint density at radius 3 is 2.80 bits per heavy atom. The summed E-state index contributed by atoms with van der Waals surface area (Å²) in [6.07, 6.45) is 1.70. The van der Waals surface area contributed by atoms with Gasteiger partial charge in [-0.25, -0.2) is 4.39 Å². The lowest BCUT2D eigenvalue weighted by molar-refractivity contribution is 0.628. The first-order valence-electron chi connectivity index (χ1n) is 6.31. The fourth-order valence-corrected chi connectivity index (χ4v) is 2.18. The van der Waals surface area contributed by atoms with Crippen LogP contribution >= 0.6 is 0 Å². The molecule has 0 saturated heterocycles. The van der Waals surface area contributed by atoms with Crippen molar-refractivity contribution in [3.63, 3.8) is 0 Å². The van der Waals surface area contributed by atoms with E-state index in [9.17, 15) is 4.39 Å². The zero-order valence-electron chi connectivity index (χ0n) is 11.0. The quantitative estimate of drug-likeness (QED) is 0.690. The summed E-state index contributed by atoms with van der Waals surface area (Å²) >= 11 is 0. The number of aryl methyl sites for hydroxylation is 1. The first kappa shape index (κ1) is 12.4. The van der Waals surface area contributed by atoms with E-state index >= 15 is 0 Å². The summed E-state index contributed by atoms with van der Waals surface area (Å²) in [5.41, 5.74) is 9.86. The summed E-state index contributed by atoms with van der Waals surface area (Å²) in [7, 11) is 0. The van der Waals surface area contributed by atoms with E-state index in [0.29, 0.717) is 5.69 Å². The van der Waals surface area contributed by atoms with Crippen molar-refractivity contribution < 1.29 is 4.39 Å². The highest BCUT2D eigenvalue weighted by molar-refractivity contribution is 5.99. The number of hydrogen-bond acceptors (Lipinski definition) is 3. The van der Waals surface area contributed by atoms with Crippen LogP contribution in [0.4, 0.5) is 21.5 Å². The Morgan fingerprint density at radius 2 is 1.95 bits per heavy atom. The van der Waals surface area contributed by atoms with Crippen molar-refractivity contribution in [3.8, 4) is 0 Å². The van der Waals surface area contributed by atoms with Crippen LogP contribution in [0.2, 0.25) is 0 Å². The van der Waals surface area contributed by atoms with Gasteiger partial charge in [-0.05, 0) is 48.9 Å². The molecule has 0 bridgehead atoms. The molecule has 20 heavy (non-hydrogen) atoms. The fourth-order valence-electron chi connectivity index (χ4n) is 2.18. The second kappa shape index (κ2) is 4.81. The summed E-state index contributed by atoms with van der Waals surface area (Å²) in [6.45, 7) is 1.93. The van der Waals surface area contributed by atoms with Gasteiger partial charge in [0.1, 0.15) is 5.82 Å². The van der Waals surface area contributed by atoms with Crippen molar-refractivity contribution in [3.05, 3.63) is 60.0 Å². The Bertz CT molecular complexity index is 784. The van der Waals surface area contributed by atoms with Crippen LogP contribution in [0.1, 0.15) is 5.56 Å². The normalized spacial score (nSPS) is 10.7. The van der Waals surface area contributed by atoms with E-state index in [1.165, 1.54) is 12.1 Å². The highest BCUT2D eigenvalue weighted by Gasteiger charge is 2.07. The maximum absolute atomic E-state index is 13.4. The molecule has 0 radical (unpaired) electrons. The third-order valence-electron chi connectivity index (χ3n) is 3.27. The van der Waals surface area contributed by atoms with Crippen LogP contribution in [-0.4, -0.2) is 4.98 Å². The van der Waals surface area contributed by atoms with Crippen molar-refractivity contribution >= 4 is 28.0 Å². The van der Waals surface area contributed by atoms with Crippen molar-refractivity contribution in [2.75, 3.05) is 11.1 Å². The van der Waals surface area contributed by atoms with E-state index in [2.05, 4.69) is 10.3 Å². The topological polar surface area (TPSA) is 50.9 Å². The van der Waals surface area contributed by atoms with Gasteiger partial charge < -0.3 is 11.1 Å². The third-order valence-corrected chi connectivity index (χ3v) is 3.27. The van der Waals surface area contributed by atoms with Gasteiger partial charge in [-0.3, -0.25) is 4.98 Å².